The summed E-state index contributed by atoms with van der Waals surface area (Å²) >= 11 is 0. The topological polar surface area (TPSA) is 35.1 Å². The standard InChI is InChI=1S/C9H11NO2.C2H6/c1-4-6-7-8(5-2)12-9(11)10(7)3;1-2/h4-6H,2H2,1,3H3;1-2H3/b6-4-;. The predicted octanol–water partition coefficient (Wildman–Crippen LogP) is 2.68. The van der Waals surface area contributed by atoms with Gasteiger partial charge in [-0.25, -0.2) is 4.79 Å². The van der Waals surface area contributed by atoms with Gasteiger partial charge in [0.15, 0.2) is 5.76 Å². The summed E-state index contributed by atoms with van der Waals surface area (Å²) in [4.78, 5) is 11.0. The van der Waals surface area contributed by atoms with E-state index >= 15 is 0 Å². The second kappa shape index (κ2) is 6.02. The minimum atomic E-state index is -0.363. The van der Waals surface area contributed by atoms with E-state index in [1.807, 2.05) is 32.9 Å². The summed E-state index contributed by atoms with van der Waals surface area (Å²) < 4.78 is 6.33. The molecule has 0 atom stereocenters. The average Bonchev–Trinajstić information content (AvgIpc) is 2.49. The van der Waals surface area contributed by atoms with Gasteiger partial charge in [-0.05, 0) is 19.1 Å². The molecular formula is C11H17NO2. The smallest absolute Gasteiger partial charge is 0.408 e. The number of hydrogen-bond acceptors (Lipinski definition) is 2. The molecule has 0 aromatic carbocycles. The van der Waals surface area contributed by atoms with Crippen LogP contribution < -0.4 is 5.76 Å². The molecule has 0 bridgehead atoms. The summed E-state index contributed by atoms with van der Waals surface area (Å²) in [5, 5.41) is 0. The Kier molecular flexibility index (Phi) is 5.37. The van der Waals surface area contributed by atoms with Crippen LogP contribution in [0.1, 0.15) is 32.2 Å². The molecule has 0 amide bonds. The van der Waals surface area contributed by atoms with Crippen LogP contribution in [0.4, 0.5) is 0 Å². The van der Waals surface area contributed by atoms with Crippen molar-refractivity contribution in [2.45, 2.75) is 20.8 Å². The lowest BCUT2D eigenvalue weighted by Gasteiger charge is -1.91. The van der Waals surface area contributed by atoms with Crippen LogP contribution in [0, 0.1) is 0 Å². The van der Waals surface area contributed by atoms with Gasteiger partial charge in [-0.2, -0.15) is 0 Å². The van der Waals surface area contributed by atoms with Crippen LogP contribution in [-0.4, -0.2) is 4.57 Å². The van der Waals surface area contributed by atoms with E-state index in [1.165, 1.54) is 10.6 Å². The third-order valence-corrected chi connectivity index (χ3v) is 1.59. The van der Waals surface area contributed by atoms with Crippen molar-refractivity contribution in [3.63, 3.8) is 0 Å². The quantitative estimate of drug-likeness (QED) is 0.727. The fourth-order valence-corrected chi connectivity index (χ4v) is 0.976. The van der Waals surface area contributed by atoms with Crippen molar-refractivity contribution in [1.82, 2.24) is 4.57 Å². The van der Waals surface area contributed by atoms with Gasteiger partial charge in [0.2, 0.25) is 0 Å². The SMILES string of the molecule is C=Cc1oc(=O)n(C)c1/C=C\C.CC. The third kappa shape index (κ3) is 2.49. The van der Waals surface area contributed by atoms with Gasteiger partial charge in [-0.1, -0.05) is 26.5 Å². The number of aromatic nitrogens is 1. The maximum atomic E-state index is 11.0. The molecule has 0 aliphatic rings. The first kappa shape index (κ1) is 12.5. The Balaban J connectivity index is 0.000000791. The highest BCUT2D eigenvalue weighted by molar-refractivity contribution is 5.57. The van der Waals surface area contributed by atoms with E-state index in [4.69, 9.17) is 4.42 Å². The first-order chi connectivity index (χ1) is 6.70. The Morgan fingerprint density at radius 3 is 2.43 bits per heavy atom. The molecule has 1 aromatic rings. The molecule has 1 heterocycles. The molecule has 0 unspecified atom stereocenters. The molecule has 1 aromatic heterocycles. The van der Waals surface area contributed by atoms with Crippen molar-refractivity contribution < 1.29 is 4.42 Å². The maximum absolute atomic E-state index is 11.0. The second-order valence-electron chi connectivity index (χ2n) is 2.38. The monoisotopic (exact) mass is 195 g/mol. The molecule has 0 fully saturated rings. The Hall–Kier alpha value is -1.51. The van der Waals surface area contributed by atoms with Gasteiger partial charge in [0.05, 0.1) is 5.69 Å². The molecule has 0 saturated heterocycles. The molecule has 0 aliphatic heterocycles. The van der Waals surface area contributed by atoms with E-state index < -0.39 is 0 Å². The van der Waals surface area contributed by atoms with E-state index in [1.54, 1.807) is 7.05 Å². The third-order valence-electron chi connectivity index (χ3n) is 1.59. The molecule has 0 aliphatic carbocycles. The average molecular weight is 195 g/mol. The number of oxazole rings is 1. The Bertz CT molecular complexity index is 369. The van der Waals surface area contributed by atoms with Gasteiger partial charge in [-0.15, -0.1) is 0 Å². The molecule has 0 spiro atoms. The molecule has 0 saturated carbocycles. The summed E-state index contributed by atoms with van der Waals surface area (Å²) in [7, 11) is 1.66. The zero-order chi connectivity index (χ0) is 11.1. The highest BCUT2D eigenvalue weighted by Gasteiger charge is 2.06. The Labute approximate surface area is 84.4 Å². The molecule has 14 heavy (non-hydrogen) atoms. The number of rotatable bonds is 2. The molecule has 0 N–H and O–H groups in total. The van der Waals surface area contributed by atoms with Crippen LogP contribution in [0.15, 0.2) is 21.9 Å². The second-order valence-corrected chi connectivity index (χ2v) is 2.38. The van der Waals surface area contributed by atoms with Crippen molar-refractivity contribution in [1.29, 1.82) is 0 Å². The Morgan fingerprint density at radius 2 is 2.00 bits per heavy atom. The highest BCUT2D eigenvalue weighted by atomic mass is 16.4. The normalized spacial score (nSPS) is 9.71. The van der Waals surface area contributed by atoms with Gasteiger partial charge in [0.1, 0.15) is 0 Å². The van der Waals surface area contributed by atoms with Crippen LogP contribution in [0.5, 0.6) is 0 Å². The summed E-state index contributed by atoms with van der Waals surface area (Å²) in [6.45, 7) is 9.43. The largest absolute Gasteiger partial charge is 0.419 e. The molecule has 0 radical (unpaired) electrons. The lowest BCUT2D eigenvalue weighted by Crippen LogP contribution is -2.10. The minimum Gasteiger partial charge on any atom is -0.408 e. The van der Waals surface area contributed by atoms with E-state index in [2.05, 4.69) is 6.58 Å². The van der Waals surface area contributed by atoms with Crippen molar-refractivity contribution in [2.75, 3.05) is 0 Å². The van der Waals surface area contributed by atoms with Crippen molar-refractivity contribution >= 4 is 12.2 Å². The lowest BCUT2D eigenvalue weighted by molar-refractivity contribution is 0.488. The van der Waals surface area contributed by atoms with Crippen LogP contribution in [0.3, 0.4) is 0 Å². The lowest BCUT2D eigenvalue weighted by atomic mass is 10.3. The molecule has 3 nitrogen and oxygen atoms in total. The van der Waals surface area contributed by atoms with Crippen LogP contribution >= 0.6 is 0 Å². The molecular weight excluding hydrogens is 178 g/mol. The van der Waals surface area contributed by atoms with E-state index in [0.29, 0.717) is 5.76 Å². The summed E-state index contributed by atoms with van der Waals surface area (Å²) in [6, 6.07) is 0. The summed E-state index contributed by atoms with van der Waals surface area (Å²) in [5.74, 6) is 0.151. The fraction of sp³-hybridized carbons (Fsp3) is 0.364. The zero-order valence-electron chi connectivity index (χ0n) is 9.20. The summed E-state index contributed by atoms with van der Waals surface area (Å²) in [5.41, 5.74) is 0.748. The Morgan fingerprint density at radius 1 is 1.43 bits per heavy atom. The van der Waals surface area contributed by atoms with Gasteiger partial charge < -0.3 is 4.42 Å². The van der Waals surface area contributed by atoms with Gasteiger partial charge in [-0.3, -0.25) is 4.57 Å². The minimum absolute atomic E-state index is 0.363. The van der Waals surface area contributed by atoms with Crippen molar-refractivity contribution in [3.8, 4) is 0 Å². The van der Waals surface area contributed by atoms with E-state index in [9.17, 15) is 4.79 Å². The van der Waals surface area contributed by atoms with E-state index in [-0.39, 0.29) is 5.76 Å². The van der Waals surface area contributed by atoms with Crippen molar-refractivity contribution in [2.24, 2.45) is 7.05 Å². The van der Waals surface area contributed by atoms with Gasteiger partial charge in [0, 0.05) is 7.05 Å². The fourth-order valence-electron chi connectivity index (χ4n) is 0.976. The molecule has 1 rings (SSSR count). The van der Waals surface area contributed by atoms with Gasteiger partial charge in [0.25, 0.3) is 0 Å². The highest BCUT2D eigenvalue weighted by Crippen LogP contribution is 2.09. The predicted molar refractivity (Wildman–Crippen MR) is 60.1 cm³/mol. The van der Waals surface area contributed by atoms with Crippen LogP contribution in [-0.2, 0) is 7.05 Å². The van der Waals surface area contributed by atoms with E-state index in [0.717, 1.165) is 5.69 Å². The van der Waals surface area contributed by atoms with Crippen LogP contribution in [0.25, 0.3) is 12.2 Å². The number of allylic oxidation sites excluding steroid dienone is 1. The number of nitrogens with zero attached hydrogens (tertiary/aromatic N) is 1. The van der Waals surface area contributed by atoms with Gasteiger partial charge >= 0.3 is 5.76 Å². The molecule has 3 heteroatoms. The maximum Gasteiger partial charge on any atom is 0.419 e. The van der Waals surface area contributed by atoms with Crippen LogP contribution in [0.2, 0.25) is 0 Å². The number of hydrogen-bond donors (Lipinski definition) is 0. The zero-order valence-corrected chi connectivity index (χ0v) is 9.20. The molecule has 78 valence electrons. The summed E-state index contributed by atoms with van der Waals surface area (Å²) in [6.07, 6.45) is 5.18. The first-order valence-corrected chi connectivity index (χ1v) is 4.65. The van der Waals surface area contributed by atoms with Crippen molar-refractivity contribution in [3.05, 3.63) is 34.7 Å². The first-order valence-electron chi connectivity index (χ1n) is 4.65.